The molecule has 1 aliphatic carbocycles. The van der Waals surface area contributed by atoms with Crippen molar-refractivity contribution in [3.63, 3.8) is 0 Å². The van der Waals surface area contributed by atoms with E-state index in [4.69, 9.17) is 49.8 Å². The maximum Gasteiger partial charge on any atom is 0.341 e. The normalized spacial score (nSPS) is 21.5. The molecule has 57 heavy (non-hydrogen) atoms. The quantitative estimate of drug-likeness (QED) is 0.0733. The molecular weight excluding hydrogens is 760 g/mol. The molecule has 0 saturated heterocycles. The van der Waals surface area contributed by atoms with Crippen LogP contribution in [0.2, 0.25) is 5.02 Å². The first-order valence-electron chi connectivity index (χ1n) is 17.6. The highest BCUT2D eigenvalue weighted by Crippen LogP contribution is 2.63. The van der Waals surface area contributed by atoms with Crippen LogP contribution in [0.1, 0.15) is 92.9 Å². The Morgan fingerprint density at radius 1 is 0.614 bits per heavy atom. The molecule has 13 nitrogen and oxygen atoms in total. The molecule has 286 valence electrons. The molecule has 4 heterocycles. The number of hydrogen-bond donors (Lipinski definition) is 0. The monoisotopic (exact) mass is 788 g/mol. The number of rotatable bonds is 6. The van der Waals surface area contributed by atoms with E-state index in [0.29, 0.717) is 16.7 Å². The Hall–Kier alpha value is -6.54. The van der Waals surface area contributed by atoms with Crippen LogP contribution in [0, 0.1) is 0 Å². The first-order chi connectivity index (χ1) is 27.3. The van der Waals surface area contributed by atoms with Gasteiger partial charge in [-0.05, 0) is 42.3 Å². The minimum Gasteiger partial charge on any atom is -0.456 e. The highest BCUT2D eigenvalue weighted by molar-refractivity contribution is 6.32. The fourth-order valence-electron chi connectivity index (χ4n) is 8.23. The second-order valence-corrected chi connectivity index (χ2v) is 14.3. The summed E-state index contributed by atoms with van der Waals surface area (Å²) in [5, 5.41) is -0.000622. The van der Waals surface area contributed by atoms with Crippen LogP contribution >= 0.6 is 11.6 Å². The average Bonchev–Trinajstić information content (AvgIpc) is 3.47. The Labute approximate surface area is 328 Å². The van der Waals surface area contributed by atoms with Gasteiger partial charge in [0.25, 0.3) is 0 Å². The minimum absolute atomic E-state index is 0.000622. The molecular formula is C43H29ClO13. The summed E-state index contributed by atoms with van der Waals surface area (Å²) in [5.41, 5.74) is -0.217. The third-order valence-electron chi connectivity index (χ3n) is 10.5. The van der Waals surface area contributed by atoms with Crippen LogP contribution in [0.15, 0.2) is 91.0 Å². The first kappa shape index (κ1) is 36.1. The Bertz CT molecular complexity index is 2600. The van der Waals surface area contributed by atoms with Gasteiger partial charge < -0.3 is 28.4 Å². The van der Waals surface area contributed by atoms with Crippen LogP contribution in [0.4, 0.5) is 0 Å². The van der Waals surface area contributed by atoms with Gasteiger partial charge in [0.2, 0.25) is 6.79 Å². The lowest BCUT2D eigenvalue weighted by Gasteiger charge is -2.52. The summed E-state index contributed by atoms with van der Waals surface area (Å²) in [6.45, 7) is 4.92. The second kappa shape index (κ2) is 12.7. The topological polar surface area (TPSA) is 159 Å². The molecule has 1 spiro atoms. The lowest BCUT2D eigenvalue weighted by atomic mass is 9.64. The van der Waals surface area contributed by atoms with Crippen molar-refractivity contribution < 1.29 is 62.2 Å². The summed E-state index contributed by atoms with van der Waals surface area (Å²) < 4.78 is 34.1. The number of ether oxygens (including phenoxy) is 6. The summed E-state index contributed by atoms with van der Waals surface area (Å²) >= 11 is 6.74. The number of esters is 5. The number of hydrogen-bond acceptors (Lipinski definition) is 13. The van der Waals surface area contributed by atoms with Crippen LogP contribution in [0.3, 0.4) is 0 Å². The molecule has 10 rings (SSSR count). The van der Waals surface area contributed by atoms with Gasteiger partial charge in [-0.25, -0.2) is 19.4 Å². The molecule has 1 unspecified atom stereocenters. The number of carbonyl (C=O) groups is 5. The van der Waals surface area contributed by atoms with Crippen LogP contribution < -0.4 is 14.2 Å². The van der Waals surface area contributed by atoms with Gasteiger partial charge in [0.1, 0.15) is 17.2 Å². The molecule has 0 fully saturated rings. The molecule has 0 radical (unpaired) electrons. The zero-order chi connectivity index (χ0) is 40.0. The van der Waals surface area contributed by atoms with E-state index in [-0.39, 0.29) is 55.8 Å². The molecule has 0 saturated carbocycles. The third-order valence-corrected chi connectivity index (χ3v) is 10.8. The maximum absolute atomic E-state index is 14.1. The summed E-state index contributed by atoms with van der Waals surface area (Å²) in [4.78, 5) is 76.0. The fourth-order valence-corrected chi connectivity index (χ4v) is 8.44. The lowest BCUT2D eigenvalue weighted by molar-refractivity contribution is -0.415. The molecule has 0 aromatic heterocycles. The number of carbonyl (C=O) groups excluding carboxylic acids is 5. The zero-order valence-electron chi connectivity index (χ0n) is 30.6. The Morgan fingerprint density at radius 3 is 1.84 bits per heavy atom. The van der Waals surface area contributed by atoms with Crippen molar-refractivity contribution in [2.75, 3.05) is 6.79 Å². The molecule has 2 bridgehead atoms. The van der Waals surface area contributed by atoms with E-state index in [9.17, 15) is 24.0 Å². The van der Waals surface area contributed by atoms with Crippen molar-refractivity contribution >= 4 is 41.4 Å². The molecule has 0 N–H and O–H groups in total. The molecule has 0 amide bonds. The average molecular weight is 789 g/mol. The SMILES string of the molecule is CC(=O)OCOC(=O)c1ccc2c(c1)C(=O)OC21c2cc(Cl)c(OC(C)=O)cc2Oc2cc(OC(C)=O)c(C34OOC(C)(c5ccccc53)c3ccccc34)cc21. The van der Waals surface area contributed by atoms with Gasteiger partial charge in [-0.2, -0.15) is 0 Å². The second-order valence-electron chi connectivity index (χ2n) is 13.9. The first-order valence-corrected chi connectivity index (χ1v) is 18.0. The maximum atomic E-state index is 14.1. The van der Waals surface area contributed by atoms with Gasteiger partial charge >= 0.3 is 29.8 Å². The molecule has 14 heteroatoms. The molecule has 5 aromatic rings. The molecule has 5 aliphatic rings. The van der Waals surface area contributed by atoms with Crippen molar-refractivity contribution in [2.24, 2.45) is 0 Å². The Morgan fingerprint density at radius 2 is 1.21 bits per heavy atom. The van der Waals surface area contributed by atoms with Crippen molar-refractivity contribution in [1.29, 1.82) is 0 Å². The van der Waals surface area contributed by atoms with Gasteiger partial charge in [0, 0.05) is 66.3 Å². The van der Waals surface area contributed by atoms with Crippen LogP contribution in [-0.2, 0) is 55.2 Å². The highest BCUT2D eigenvalue weighted by Gasteiger charge is 2.61. The Balaban J connectivity index is 1.32. The smallest absolute Gasteiger partial charge is 0.341 e. The summed E-state index contributed by atoms with van der Waals surface area (Å²) in [5.74, 6) is -3.41. The minimum atomic E-state index is -1.83. The number of halogens is 1. The van der Waals surface area contributed by atoms with E-state index < -0.39 is 53.4 Å². The van der Waals surface area contributed by atoms with Gasteiger partial charge in [-0.1, -0.05) is 66.2 Å². The zero-order valence-corrected chi connectivity index (χ0v) is 31.3. The largest absolute Gasteiger partial charge is 0.456 e. The van der Waals surface area contributed by atoms with Gasteiger partial charge in [0.15, 0.2) is 22.6 Å². The van der Waals surface area contributed by atoms with Crippen LogP contribution in [-0.4, -0.2) is 36.6 Å². The van der Waals surface area contributed by atoms with E-state index in [1.54, 1.807) is 6.07 Å². The molecule has 1 atom stereocenters. The van der Waals surface area contributed by atoms with E-state index in [0.717, 1.165) is 11.1 Å². The van der Waals surface area contributed by atoms with E-state index in [2.05, 4.69) is 0 Å². The van der Waals surface area contributed by atoms with E-state index in [1.807, 2.05) is 55.5 Å². The van der Waals surface area contributed by atoms with Gasteiger partial charge in [-0.3, -0.25) is 14.4 Å². The number of benzene rings is 5. The molecule has 4 aliphatic heterocycles. The van der Waals surface area contributed by atoms with Crippen molar-refractivity contribution in [3.8, 4) is 23.0 Å². The predicted molar refractivity (Wildman–Crippen MR) is 196 cm³/mol. The van der Waals surface area contributed by atoms with Crippen molar-refractivity contribution in [1.82, 2.24) is 0 Å². The number of fused-ring (bicyclic) bond motifs is 7. The third kappa shape index (κ3) is 5.19. The predicted octanol–water partition coefficient (Wildman–Crippen LogP) is 7.27. The Kier molecular flexibility index (Phi) is 8.08. The van der Waals surface area contributed by atoms with Crippen LogP contribution in [0.25, 0.3) is 0 Å². The summed E-state index contributed by atoms with van der Waals surface area (Å²) in [7, 11) is 0. The lowest BCUT2D eigenvalue weighted by Crippen LogP contribution is -2.52. The van der Waals surface area contributed by atoms with Crippen LogP contribution in [0.5, 0.6) is 23.0 Å². The van der Waals surface area contributed by atoms with Crippen molar-refractivity contribution in [3.05, 3.63) is 152 Å². The van der Waals surface area contributed by atoms with E-state index >= 15 is 0 Å². The van der Waals surface area contributed by atoms with Gasteiger partial charge in [-0.15, -0.1) is 0 Å². The summed E-state index contributed by atoms with van der Waals surface area (Å²) in [6, 6.07) is 25.5. The standard InChI is InChI=1S/C43H29ClO13/c1-21(45)50-20-51-39(48)24-13-14-26-25(15-24)40(49)55-42(26)31-16-32(43-29-11-7-5-9-27(29)41(4,56-57-43)28-10-6-8-12-30(28)43)35(52-22(2)46)18-36(31)54-37-19-38(53-23(3)47)34(44)17-33(37)42/h5-19H,20H2,1-4H3. The van der Waals surface area contributed by atoms with Crippen molar-refractivity contribution in [2.45, 2.75) is 44.5 Å². The highest BCUT2D eigenvalue weighted by atomic mass is 35.5. The van der Waals surface area contributed by atoms with Gasteiger partial charge in [0.05, 0.1) is 16.1 Å². The van der Waals surface area contributed by atoms with E-state index in [1.165, 1.54) is 57.2 Å². The summed E-state index contributed by atoms with van der Waals surface area (Å²) in [6.07, 6.45) is 0. The molecule has 5 aromatic carbocycles. The fraction of sp³-hybridized carbons (Fsp3) is 0.186.